The highest BCUT2D eigenvalue weighted by molar-refractivity contribution is 5.97. The number of pyridine rings is 1. The van der Waals surface area contributed by atoms with Gasteiger partial charge in [0.2, 0.25) is 0 Å². The molecule has 0 spiro atoms. The number of carbonyl (C=O) groups excluding carboxylic acids is 1. The van der Waals surface area contributed by atoms with Crippen LogP contribution in [-0.4, -0.2) is 72.2 Å². The number of hydrogen-bond donors (Lipinski definition) is 1. The lowest BCUT2D eigenvalue weighted by Crippen LogP contribution is -2.47. The van der Waals surface area contributed by atoms with Gasteiger partial charge in [-0.05, 0) is 51.8 Å². The van der Waals surface area contributed by atoms with Crippen molar-refractivity contribution >= 4 is 5.91 Å². The molecule has 3 rings (SSSR count). The minimum Gasteiger partial charge on any atom is -0.505 e. The summed E-state index contributed by atoms with van der Waals surface area (Å²) in [7, 11) is 5.95. The van der Waals surface area contributed by atoms with Gasteiger partial charge in [0.05, 0.1) is 17.9 Å². The molecule has 1 saturated heterocycles. The summed E-state index contributed by atoms with van der Waals surface area (Å²) < 4.78 is 5.70. The van der Waals surface area contributed by atoms with Crippen LogP contribution in [0.4, 0.5) is 0 Å². The summed E-state index contributed by atoms with van der Waals surface area (Å²) in [5.41, 5.74) is 1.09. The molecular formula is C18H27N3O3. The number of carbonyl (C=O) groups is 1. The van der Waals surface area contributed by atoms with Crippen molar-refractivity contribution in [2.75, 3.05) is 34.3 Å². The van der Waals surface area contributed by atoms with E-state index in [0.717, 1.165) is 31.6 Å². The van der Waals surface area contributed by atoms with E-state index in [2.05, 4.69) is 24.0 Å². The van der Waals surface area contributed by atoms with Gasteiger partial charge in [-0.3, -0.25) is 9.78 Å². The number of aryl methyl sites for hydroxylation is 1. The highest BCUT2D eigenvalue weighted by Crippen LogP contribution is 2.39. The second kappa shape index (κ2) is 6.69. The Kier molecular flexibility index (Phi) is 4.78. The van der Waals surface area contributed by atoms with Crippen molar-refractivity contribution in [3.8, 4) is 5.75 Å². The van der Waals surface area contributed by atoms with Crippen molar-refractivity contribution in [2.45, 2.75) is 31.9 Å². The first-order valence-electron chi connectivity index (χ1n) is 8.54. The maximum atomic E-state index is 12.8. The first-order chi connectivity index (χ1) is 11.4. The van der Waals surface area contributed by atoms with E-state index in [4.69, 9.17) is 4.74 Å². The maximum Gasteiger partial charge on any atom is 0.257 e. The molecule has 24 heavy (non-hydrogen) atoms. The normalized spacial score (nSPS) is 29.8. The fourth-order valence-corrected chi connectivity index (χ4v) is 4.25. The lowest BCUT2D eigenvalue weighted by molar-refractivity contribution is -0.0209. The molecule has 2 fully saturated rings. The molecular weight excluding hydrogens is 306 g/mol. The number of fused-ring (bicyclic) bond motifs is 1. The molecule has 1 aromatic heterocycles. The molecule has 1 N–H and O–H groups in total. The zero-order valence-corrected chi connectivity index (χ0v) is 14.9. The Morgan fingerprint density at radius 2 is 2.00 bits per heavy atom. The van der Waals surface area contributed by atoms with Crippen LogP contribution in [0, 0.1) is 18.8 Å². The molecule has 1 aliphatic heterocycles. The molecule has 1 aromatic rings. The summed E-state index contributed by atoms with van der Waals surface area (Å²) >= 11 is 0. The molecule has 4 atom stereocenters. The number of amides is 1. The van der Waals surface area contributed by atoms with Crippen molar-refractivity contribution in [3.05, 3.63) is 23.5 Å². The van der Waals surface area contributed by atoms with Crippen molar-refractivity contribution in [2.24, 2.45) is 11.8 Å². The van der Waals surface area contributed by atoms with E-state index in [1.165, 1.54) is 6.20 Å². The minimum absolute atomic E-state index is 0.0404. The van der Waals surface area contributed by atoms with E-state index >= 15 is 0 Å². The Morgan fingerprint density at radius 1 is 1.33 bits per heavy atom. The van der Waals surface area contributed by atoms with Gasteiger partial charge in [-0.2, -0.15) is 0 Å². The topological polar surface area (TPSA) is 65.9 Å². The summed E-state index contributed by atoms with van der Waals surface area (Å²) in [6.07, 6.45) is 3.60. The predicted octanol–water partition coefficient (Wildman–Crippen LogP) is 1.52. The fourth-order valence-electron chi connectivity index (χ4n) is 4.25. The zero-order valence-electron chi connectivity index (χ0n) is 14.9. The Balaban J connectivity index is 1.75. The van der Waals surface area contributed by atoms with E-state index < -0.39 is 0 Å². The van der Waals surface area contributed by atoms with E-state index in [-0.39, 0.29) is 17.8 Å². The third-order valence-electron chi connectivity index (χ3n) is 5.59. The highest BCUT2D eigenvalue weighted by atomic mass is 16.5. The number of hydrogen-bond acceptors (Lipinski definition) is 5. The average molecular weight is 333 g/mol. The van der Waals surface area contributed by atoms with Gasteiger partial charge in [0.1, 0.15) is 5.75 Å². The summed E-state index contributed by atoms with van der Waals surface area (Å²) in [5, 5.41) is 9.98. The summed E-state index contributed by atoms with van der Waals surface area (Å²) in [6, 6.07) is 2.06. The van der Waals surface area contributed by atoms with Crippen molar-refractivity contribution in [1.29, 1.82) is 0 Å². The second-order valence-electron chi connectivity index (χ2n) is 7.35. The number of ether oxygens (including phenoxy) is 1. The van der Waals surface area contributed by atoms with Crippen LogP contribution in [0.1, 0.15) is 28.9 Å². The standard InChI is InChI=1S/C18H27N3O3/c1-11-5-14(16(22)8-19-11)18(23)21-9-12-6-15(20(2)3)17(24-4)7-13(12)10-21/h5,8,12-13,15,17,22H,6-7,9-10H2,1-4H3/t12-,13+,15-,17-/m1/s1. The largest absolute Gasteiger partial charge is 0.505 e. The quantitative estimate of drug-likeness (QED) is 0.908. The number of rotatable bonds is 3. The minimum atomic E-state index is -0.0947. The zero-order chi connectivity index (χ0) is 17.4. The van der Waals surface area contributed by atoms with Crippen LogP contribution >= 0.6 is 0 Å². The van der Waals surface area contributed by atoms with Crippen molar-refractivity contribution < 1.29 is 14.6 Å². The Bertz CT molecular complexity index is 620. The van der Waals surface area contributed by atoms with E-state index in [0.29, 0.717) is 23.4 Å². The van der Waals surface area contributed by atoms with Gasteiger partial charge in [-0.1, -0.05) is 0 Å². The molecule has 2 aliphatic rings. The number of likely N-dealkylation sites (tertiary alicyclic amines) is 1. The highest BCUT2D eigenvalue weighted by Gasteiger charge is 2.44. The van der Waals surface area contributed by atoms with Crippen LogP contribution in [-0.2, 0) is 4.74 Å². The smallest absolute Gasteiger partial charge is 0.257 e. The first kappa shape index (κ1) is 17.2. The van der Waals surface area contributed by atoms with Crippen LogP contribution in [0.5, 0.6) is 5.75 Å². The Morgan fingerprint density at radius 3 is 2.62 bits per heavy atom. The number of nitrogens with zero attached hydrogens (tertiary/aromatic N) is 3. The molecule has 1 aliphatic carbocycles. The lowest BCUT2D eigenvalue weighted by atomic mass is 9.77. The van der Waals surface area contributed by atoms with Gasteiger partial charge in [-0.15, -0.1) is 0 Å². The second-order valence-corrected chi connectivity index (χ2v) is 7.35. The Labute approximate surface area is 143 Å². The first-order valence-corrected chi connectivity index (χ1v) is 8.54. The van der Waals surface area contributed by atoms with Crippen LogP contribution in [0.25, 0.3) is 0 Å². The third-order valence-corrected chi connectivity index (χ3v) is 5.59. The summed E-state index contributed by atoms with van der Waals surface area (Å²) in [5.74, 6) is 0.835. The fraction of sp³-hybridized carbons (Fsp3) is 0.667. The van der Waals surface area contributed by atoms with Crippen LogP contribution < -0.4 is 0 Å². The molecule has 0 bridgehead atoms. The molecule has 0 unspecified atom stereocenters. The van der Waals surface area contributed by atoms with Crippen molar-refractivity contribution in [1.82, 2.24) is 14.8 Å². The van der Waals surface area contributed by atoms with Crippen LogP contribution in [0.2, 0.25) is 0 Å². The number of aromatic nitrogens is 1. The van der Waals surface area contributed by atoms with Crippen LogP contribution in [0.15, 0.2) is 12.3 Å². The molecule has 1 amide bonds. The number of methoxy groups -OCH3 is 1. The molecule has 0 radical (unpaired) electrons. The van der Waals surface area contributed by atoms with Gasteiger partial charge in [0.25, 0.3) is 5.91 Å². The maximum absolute atomic E-state index is 12.8. The van der Waals surface area contributed by atoms with Gasteiger partial charge in [0.15, 0.2) is 0 Å². The van der Waals surface area contributed by atoms with Gasteiger partial charge in [-0.25, -0.2) is 0 Å². The molecule has 2 heterocycles. The molecule has 1 saturated carbocycles. The predicted molar refractivity (Wildman–Crippen MR) is 91.0 cm³/mol. The van der Waals surface area contributed by atoms with E-state index in [1.54, 1.807) is 13.2 Å². The summed E-state index contributed by atoms with van der Waals surface area (Å²) in [6.45, 7) is 3.32. The number of likely N-dealkylation sites (N-methyl/N-ethyl adjacent to an activating group) is 1. The van der Waals surface area contributed by atoms with Gasteiger partial charge in [0, 0.05) is 31.9 Å². The monoisotopic (exact) mass is 333 g/mol. The molecule has 6 nitrogen and oxygen atoms in total. The van der Waals surface area contributed by atoms with Crippen LogP contribution in [0.3, 0.4) is 0 Å². The van der Waals surface area contributed by atoms with E-state index in [1.807, 2.05) is 11.8 Å². The van der Waals surface area contributed by atoms with Gasteiger partial charge >= 0.3 is 0 Å². The Hall–Kier alpha value is -1.66. The lowest BCUT2D eigenvalue weighted by Gasteiger charge is -2.40. The van der Waals surface area contributed by atoms with Gasteiger partial charge < -0.3 is 19.6 Å². The third kappa shape index (κ3) is 3.13. The number of aromatic hydroxyl groups is 1. The average Bonchev–Trinajstić information content (AvgIpc) is 2.97. The molecule has 0 aromatic carbocycles. The molecule has 6 heteroatoms. The SMILES string of the molecule is CO[C@@H]1C[C@H]2CN(C(=O)c3cc(C)ncc3O)C[C@H]2C[C@H]1N(C)C. The van der Waals surface area contributed by atoms with E-state index in [9.17, 15) is 9.90 Å². The van der Waals surface area contributed by atoms with Crippen molar-refractivity contribution in [3.63, 3.8) is 0 Å². The molecule has 132 valence electrons. The summed E-state index contributed by atoms with van der Waals surface area (Å²) in [4.78, 5) is 21.0.